The van der Waals surface area contributed by atoms with Gasteiger partial charge < -0.3 is 5.32 Å². The molecule has 5 nitrogen and oxygen atoms in total. The molecule has 1 atom stereocenters. The number of sulfonamides is 1. The van der Waals surface area contributed by atoms with Crippen LogP contribution in [0.15, 0.2) is 34.5 Å². The van der Waals surface area contributed by atoms with Crippen LogP contribution in [-0.4, -0.2) is 31.7 Å². The highest BCUT2D eigenvalue weighted by Crippen LogP contribution is 2.29. The first-order valence-electron chi connectivity index (χ1n) is 8.72. The van der Waals surface area contributed by atoms with E-state index in [1.54, 1.807) is 6.07 Å². The summed E-state index contributed by atoms with van der Waals surface area (Å²) in [6, 6.07) is 9.33. The Bertz CT molecular complexity index is 898. The molecule has 1 saturated heterocycles. The minimum Gasteiger partial charge on any atom is -0.325 e. The third-order valence-corrected chi connectivity index (χ3v) is 8.13. The number of carbonyl (C=O) groups is 1. The topological polar surface area (TPSA) is 66.5 Å². The number of thiophene rings is 1. The van der Waals surface area contributed by atoms with Gasteiger partial charge in [-0.1, -0.05) is 18.2 Å². The summed E-state index contributed by atoms with van der Waals surface area (Å²) in [5.74, 6) is -0.441. The van der Waals surface area contributed by atoms with E-state index in [1.165, 1.54) is 15.6 Å². The lowest BCUT2D eigenvalue weighted by molar-refractivity contribution is -0.120. The van der Waals surface area contributed by atoms with E-state index in [9.17, 15) is 13.2 Å². The predicted octanol–water partition coefficient (Wildman–Crippen LogP) is 3.71. The number of anilines is 1. The summed E-state index contributed by atoms with van der Waals surface area (Å²) in [5.41, 5.74) is 2.84. The summed E-state index contributed by atoms with van der Waals surface area (Å²) in [4.78, 5) is 13.7. The van der Waals surface area contributed by atoms with Crippen LogP contribution < -0.4 is 5.32 Å². The molecule has 1 fully saturated rings. The van der Waals surface area contributed by atoms with Gasteiger partial charge in [0.25, 0.3) is 10.0 Å². The number of aryl methyl sites for hydroxylation is 3. The van der Waals surface area contributed by atoms with E-state index in [2.05, 4.69) is 5.32 Å². The van der Waals surface area contributed by atoms with E-state index in [0.29, 0.717) is 23.6 Å². The van der Waals surface area contributed by atoms with Gasteiger partial charge >= 0.3 is 0 Å². The van der Waals surface area contributed by atoms with Crippen LogP contribution in [0.1, 0.15) is 28.8 Å². The average Bonchev–Trinajstić information content (AvgIpc) is 3.05. The van der Waals surface area contributed by atoms with Gasteiger partial charge in [-0.2, -0.15) is 4.31 Å². The van der Waals surface area contributed by atoms with E-state index < -0.39 is 10.0 Å². The highest BCUT2D eigenvalue weighted by atomic mass is 32.2. The molecule has 1 aromatic carbocycles. The predicted molar refractivity (Wildman–Crippen MR) is 105 cm³/mol. The molecular weight excluding hydrogens is 368 g/mol. The Morgan fingerprint density at radius 3 is 2.46 bits per heavy atom. The third kappa shape index (κ3) is 3.84. The van der Waals surface area contributed by atoms with E-state index in [-0.39, 0.29) is 18.4 Å². The molecule has 1 N–H and O–H groups in total. The molecule has 140 valence electrons. The maximum absolute atomic E-state index is 12.8. The maximum atomic E-state index is 12.8. The molecule has 0 unspecified atom stereocenters. The smallest absolute Gasteiger partial charge is 0.252 e. The van der Waals surface area contributed by atoms with Crippen molar-refractivity contribution in [2.75, 3.05) is 18.4 Å². The van der Waals surface area contributed by atoms with Crippen LogP contribution >= 0.6 is 11.3 Å². The Morgan fingerprint density at radius 2 is 1.85 bits per heavy atom. The minimum absolute atomic E-state index is 0.107. The Morgan fingerprint density at radius 1 is 1.15 bits per heavy atom. The second-order valence-electron chi connectivity index (χ2n) is 6.82. The number of rotatable bonds is 4. The highest BCUT2D eigenvalue weighted by Gasteiger charge is 2.34. The molecule has 26 heavy (non-hydrogen) atoms. The summed E-state index contributed by atoms with van der Waals surface area (Å²) in [6.07, 6.45) is 1.39. The first-order chi connectivity index (χ1) is 12.3. The van der Waals surface area contributed by atoms with Crippen LogP contribution in [0.5, 0.6) is 0 Å². The molecule has 2 heterocycles. The number of hydrogen-bond acceptors (Lipinski definition) is 4. The van der Waals surface area contributed by atoms with Crippen LogP contribution in [0, 0.1) is 26.7 Å². The van der Waals surface area contributed by atoms with Crippen LogP contribution in [0.3, 0.4) is 0 Å². The number of nitrogens with zero attached hydrogens (tertiary/aromatic N) is 1. The monoisotopic (exact) mass is 392 g/mol. The summed E-state index contributed by atoms with van der Waals surface area (Å²) in [6.45, 7) is 6.50. The summed E-state index contributed by atoms with van der Waals surface area (Å²) < 4.78 is 27.5. The molecule has 2 aromatic rings. The fourth-order valence-corrected chi connectivity index (χ4v) is 6.25. The number of amides is 1. The van der Waals surface area contributed by atoms with Gasteiger partial charge in [-0.05, 0) is 56.9 Å². The fraction of sp³-hybridized carbons (Fsp3) is 0.421. The summed E-state index contributed by atoms with van der Waals surface area (Å²) >= 11 is 1.27. The quantitative estimate of drug-likeness (QED) is 0.862. The van der Waals surface area contributed by atoms with E-state index in [1.807, 2.05) is 45.0 Å². The number of para-hydroxylation sites is 1. The largest absolute Gasteiger partial charge is 0.325 e. The fourth-order valence-electron chi connectivity index (χ4n) is 3.29. The van der Waals surface area contributed by atoms with Crippen molar-refractivity contribution in [3.05, 3.63) is 46.3 Å². The van der Waals surface area contributed by atoms with Gasteiger partial charge in [-0.15, -0.1) is 11.3 Å². The Hall–Kier alpha value is -1.70. The van der Waals surface area contributed by atoms with Crippen LogP contribution in [-0.2, 0) is 14.8 Å². The molecule has 7 heteroatoms. The molecule has 0 spiro atoms. The van der Waals surface area contributed by atoms with Crippen LogP contribution in [0.25, 0.3) is 0 Å². The average molecular weight is 393 g/mol. The first-order valence-corrected chi connectivity index (χ1v) is 11.0. The molecule has 0 aliphatic carbocycles. The molecule has 3 rings (SSSR count). The van der Waals surface area contributed by atoms with Crippen LogP contribution in [0.4, 0.5) is 5.69 Å². The van der Waals surface area contributed by atoms with Gasteiger partial charge in [0.15, 0.2) is 0 Å². The van der Waals surface area contributed by atoms with Crippen molar-refractivity contribution in [2.45, 2.75) is 37.8 Å². The molecular formula is C19H24N2O3S2. The second-order valence-corrected chi connectivity index (χ2v) is 10.3. The molecule has 1 aliphatic rings. The van der Waals surface area contributed by atoms with Crippen LogP contribution in [0.2, 0.25) is 0 Å². The van der Waals surface area contributed by atoms with E-state index in [4.69, 9.17) is 0 Å². The zero-order valence-electron chi connectivity index (χ0n) is 15.3. The molecule has 0 radical (unpaired) electrons. The van der Waals surface area contributed by atoms with Gasteiger partial charge in [0.2, 0.25) is 5.91 Å². The number of benzene rings is 1. The van der Waals surface area contributed by atoms with Crippen molar-refractivity contribution in [3.63, 3.8) is 0 Å². The number of piperidine rings is 1. The number of nitrogens with one attached hydrogen (secondary N) is 1. The van der Waals surface area contributed by atoms with Crippen molar-refractivity contribution in [2.24, 2.45) is 5.92 Å². The normalized spacial score (nSPS) is 18.7. The number of carbonyl (C=O) groups excluding carboxylic acids is 1. The van der Waals surface area contributed by atoms with Gasteiger partial charge in [0, 0.05) is 23.7 Å². The van der Waals surface area contributed by atoms with Crippen molar-refractivity contribution in [1.29, 1.82) is 0 Å². The van der Waals surface area contributed by atoms with Crippen molar-refractivity contribution in [3.8, 4) is 0 Å². The van der Waals surface area contributed by atoms with Crippen molar-refractivity contribution >= 4 is 33.0 Å². The summed E-state index contributed by atoms with van der Waals surface area (Å²) in [7, 11) is -3.52. The van der Waals surface area contributed by atoms with Crippen molar-refractivity contribution < 1.29 is 13.2 Å². The highest BCUT2D eigenvalue weighted by molar-refractivity contribution is 7.91. The Kier molecular flexibility index (Phi) is 5.50. The Balaban J connectivity index is 1.75. The lowest BCUT2D eigenvalue weighted by atomic mass is 9.98. The molecule has 1 aromatic heterocycles. The van der Waals surface area contributed by atoms with Gasteiger partial charge in [0.1, 0.15) is 4.21 Å². The molecule has 1 amide bonds. The van der Waals surface area contributed by atoms with E-state index in [0.717, 1.165) is 21.7 Å². The molecule has 1 aliphatic heterocycles. The second kappa shape index (κ2) is 7.50. The van der Waals surface area contributed by atoms with Gasteiger partial charge in [-0.3, -0.25) is 4.79 Å². The maximum Gasteiger partial charge on any atom is 0.252 e. The SMILES string of the molecule is Cc1ccc(S(=O)(=O)N2CCC[C@H](C(=O)Nc3c(C)cccc3C)C2)s1. The van der Waals surface area contributed by atoms with Gasteiger partial charge in [-0.25, -0.2) is 8.42 Å². The Labute approximate surface area is 159 Å². The zero-order valence-corrected chi connectivity index (χ0v) is 16.9. The minimum atomic E-state index is -3.52. The number of hydrogen-bond donors (Lipinski definition) is 1. The third-order valence-electron chi connectivity index (χ3n) is 4.79. The first kappa shape index (κ1) is 19.1. The standard InChI is InChI=1S/C19H24N2O3S2/c1-13-6-4-7-14(2)18(13)20-19(22)16-8-5-11-21(12-16)26(23,24)17-10-9-15(3)25-17/h4,6-7,9-10,16H,5,8,11-12H2,1-3H3,(H,20,22)/t16-/m0/s1. The molecule has 0 bridgehead atoms. The van der Waals surface area contributed by atoms with Gasteiger partial charge in [0.05, 0.1) is 5.92 Å². The zero-order chi connectivity index (χ0) is 18.9. The summed E-state index contributed by atoms with van der Waals surface area (Å²) in [5, 5.41) is 3.01. The molecule has 0 saturated carbocycles. The van der Waals surface area contributed by atoms with Crippen molar-refractivity contribution in [1.82, 2.24) is 4.31 Å². The lowest BCUT2D eigenvalue weighted by Crippen LogP contribution is -2.43. The van der Waals surface area contributed by atoms with E-state index >= 15 is 0 Å². The lowest BCUT2D eigenvalue weighted by Gasteiger charge is -2.31.